The molecule has 2 fully saturated rings. The van der Waals surface area contributed by atoms with Gasteiger partial charge >= 0.3 is 0 Å². The normalized spacial score (nSPS) is 29.7. The standard InChI is InChI=1S/C15H25N3O2/c1-3-19-15(8-5-4-6-9-15)14-17-13(20-18-14)12-7-10-16-11(12)2/h11-12,16H,3-10H2,1-2H3. The van der Waals surface area contributed by atoms with E-state index in [1.54, 1.807) is 0 Å². The molecule has 1 aromatic heterocycles. The molecule has 112 valence electrons. The summed E-state index contributed by atoms with van der Waals surface area (Å²) in [6, 6.07) is 0.415. The van der Waals surface area contributed by atoms with Crippen molar-refractivity contribution in [2.45, 2.75) is 69.9 Å². The highest BCUT2D eigenvalue weighted by Crippen LogP contribution is 2.40. The molecular weight excluding hydrogens is 254 g/mol. The van der Waals surface area contributed by atoms with Gasteiger partial charge in [0.1, 0.15) is 5.60 Å². The van der Waals surface area contributed by atoms with Gasteiger partial charge in [0.15, 0.2) is 0 Å². The van der Waals surface area contributed by atoms with Gasteiger partial charge in [0.2, 0.25) is 11.7 Å². The van der Waals surface area contributed by atoms with Crippen molar-refractivity contribution in [2.24, 2.45) is 0 Å². The van der Waals surface area contributed by atoms with Crippen LogP contribution in [-0.2, 0) is 10.3 Å². The van der Waals surface area contributed by atoms with Crippen LogP contribution in [0.2, 0.25) is 0 Å². The first kappa shape index (κ1) is 14.0. The average molecular weight is 279 g/mol. The van der Waals surface area contributed by atoms with E-state index in [9.17, 15) is 0 Å². The Bertz CT molecular complexity index is 435. The van der Waals surface area contributed by atoms with Gasteiger partial charge in [-0.15, -0.1) is 0 Å². The monoisotopic (exact) mass is 279 g/mol. The molecule has 1 N–H and O–H groups in total. The first-order valence-electron chi connectivity index (χ1n) is 7.96. The first-order valence-corrected chi connectivity index (χ1v) is 7.96. The van der Waals surface area contributed by atoms with Crippen molar-refractivity contribution in [3.8, 4) is 0 Å². The number of aromatic nitrogens is 2. The lowest BCUT2D eigenvalue weighted by Crippen LogP contribution is -2.33. The zero-order valence-electron chi connectivity index (χ0n) is 12.5. The van der Waals surface area contributed by atoms with Crippen LogP contribution in [0.25, 0.3) is 0 Å². The van der Waals surface area contributed by atoms with Crippen LogP contribution in [0.5, 0.6) is 0 Å². The minimum absolute atomic E-state index is 0.302. The Hall–Kier alpha value is -0.940. The summed E-state index contributed by atoms with van der Waals surface area (Å²) in [4.78, 5) is 4.71. The summed E-state index contributed by atoms with van der Waals surface area (Å²) in [5.74, 6) is 1.90. The lowest BCUT2D eigenvalue weighted by molar-refractivity contribution is -0.0777. The first-order chi connectivity index (χ1) is 9.75. The molecule has 0 amide bonds. The molecule has 2 atom stereocenters. The van der Waals surface area contributed by atoms with Gasteiger partial charge in [-0.05, 0) is 39.7 Å². The van der Waals surface area contributed by atoms with E-state index >= 15 is 0 Å². The smallest absolute Gasteiger partial charge is 0.231 e. The summed E-state index contributed by atoms with van der Waals surface area (Å²) in [6.07, 6.45) is 6.75. The number of ether oxygens (including phenoxy) is 1. The molecule has 5 heteroatoms. The minimum atomic E-state index is -0.302. The number of hydrogen-bond acceptors (Lipinski definition) is 5. The molecule has 1 saturated heterocycles. The van der Waals surface area contributed by atoms with Crippen LogP contribution >= 0.6 is 0 Å². The van der Waals surface area contributed by atoms with Gasteiger partial charge < -0.3 is 14.6 Å². The van der Waals surface area contributed by atoms with Crippen molar-refractivity contribution in [2.75, 3.05) is 13.2 Å². The minimum Gasteiger partial charge on any atom is -0.367 e. The summed E-state index contributed by atoms with van der Waals surface area (Å²) in [6.45, 7) is 5.95. The van der Waals surface area contributed by atoms with Crippen LogP contribution in [0.4, 0.5) is 0 Å². The van der Waals surface area contributed by atoms with Crippen molar-refractivity contribution in [1.82, 2.24) is 15.5 Å². The Balaban J connectivity index is 1.83. The number of nitrogens with one attached hydrogen (secondary N) is 1. The van der Waals surface area contributed by atoms with Crippen molar-refractivity contribution < 1.29 is 9.26 Å². The highest BCUT2D eigenvalue weighted by molar-refractivity contribution is 5.08. The Morgan fingerprint density at radius 1 is 1.35 bits per heavy atom. The van der Waals surface area contributed by atoms with Gasteiger partial charge in [-0.1, -0.05) is 24.4 Å². The van der Waals surface area contributed by atoms with Gasteiger partial charge in [-0.25, -0.2) is 0 Å². The van der Waals surface area contributed by atoms with E-state index < -0.39 is 0 Å². The molecule has 0 spiro atoms. The third-order valence-corrected chi connectivity index (χ3v) is 4.77. The maximum Gasteiger partial charge on any atom is 0.231 e. The fourth-order valence-electron chi connectivity index (χ4n) is 3.60. The molecule has 2 aliphatic rings. The summed E-state index contributed by atoms with van der Waals surface area (Å²) in [7, 11) is 0. The molecule has 1 aliphatic carbocycles. The number of rotatable bonds is 4. The van der Waals surface area contributed by atoms with Crippen LogP contribution in [-0.4, -0.2) is 29.3 Å². The largest absolute Gasteiger partial charge is 0.367 e. The lowest BCUT2D eigenvalue weighted by atomic mass is 9.84. The van der Waals surface area contributed by atoms with E-state index in [1.165, 1.54) is 19.3 Å². The molecule has 1 aromatic rings. The van der Waals surface area contributed by atoms with Crippen molar-refractivity contribution >= 4 is 0 Å². The molecule has 2 unspecified atom stereocenters. The SMILES string of the molecule is CCOC1(c2noc(C3CCNC3C)n2)CCCCC1. The van der Waals surface area contributed by atoms with E-state index in [0.29, 0.717) is 18.6 Å². The van der Waals surface area contributed by atoms with E-state index in [0.717, 1.165) is 37.5 Å². The molecule has 1 saturated carbocycles. The van der Waals surface area contributed by atoms with Gasteiger partial charge in [0, 0.05) is 12.6 Å². The molecule has 0 bridgehead atoms. The predicted octanol–water partition coefficient (Wildman–Crippen LogP) is 2.73. The highest BCUT2D eigenvalue weighted by atomic mass is 16.5. The van der Waals surface area contributed by atoms with Crippen LogP contribution < -0.4 is 5.32 Å². The van der Waals surface area contributed by atoms with E-state index in [4.69, 9.17) is 14.2 Å². The fourth-order valence-corrected chi connectivity index (χ4v) is 3.60. The topological polar surface area (TPSA) is 60.2 Å². The van der Waals surface area contributed by atoms with Gasteiger partial charge in [0.05, 0.1) is 5.92 Å². The van der Waals surface area contributed by atoms with E-state index in [2.05, 4.69) is 17.4 Å². The third-order valence-electron chi connectivity index (χ3n) is 4.77. The molecule has 3 rings (SSSR count). The highest BCUT2D eigenvalue weighted by Gasteiger charge is 2.40. The zero-order valence-corrected chi connectivity index (χ0v) is 12.5. The summed E-state index contributed by atoms with van der Waals surface area (Å²) in [5, 5.41) is 7.70. The van der Waals surface area contributed by atoms with E-state index in [-0.39, 0.29) is 5.60 Å². The number of nitrogens with zero attached hydrogens (tertiary/aromatic N) is 2. The summed E-state index contributed by atoms with van der Waals surface area (Å²) in [5.41, 5.74) is -0.302. The van der Waals surface area contributed by atoms with Crippen molar-refractivity contribution in [3.05, 3.63) is 11.7 Å². The second kappa shape index (κ2) is 5.82. The maximum absolute atomic E-state index is 6.06. The van der Waals surface area contributed by atoms with Crippen molar-refractivity contribution in [1.29, 1.82) is 0 Å². The Labute approximate surface area is 120 Å². The molecule has 2 heterocycles. The van der Waals surface area contributed by atoms with Crippen LogP contribution in [0, 0.1) is 0 Å². The quantitative estimate of drug-likeness (QED) is 0.918. The molecular formula is C15H25N3O2. The van der Waals surface area contributed by atoms with Crippen LogP contribution in [0.15, 0.2) is 4.52 Å². The Morgan fingerprint density at radius 2 is 2.15 bits per heavy atom. The van der Waals surface area contributed by atoms with Gasteiger partial charge in [-0.3, -0.25) is 0 Å². The second-order valence-corrected chi connectivity index (χ2v) is 6.08. The second-order valence-electron chi connectivity index (χ2n) is 6.08. The maximum atomic E-state index is 6.06. The summed E-state index contributed by atoms with van der Waals surface area (Å²) >= 11 is 0. The molecule has 5 nitrogen and oxygen atoms in total. The van der Waals surface area contributed by atoms with Crippen LogP contribution in [0.1, 0.15) is 70.0 Å². The zero-order chi connectivity index (χ0) is 14.0. The number of hydrogen-bond donors (Lipinski definition) is 1. The Kier molecular flexibility index (Phi) is 4.08. The molecule has 0 radical (unpaired) electrons. The lowest BCUT2D eigenvalue weighted by Gasteiger charge is -2.33. The van der Waals surface area contributed by atoms with E-state index in [1.807, 2.05) is 6.92 Å². The summed E-state index contributed by atoms with van der Waals surface area (Å²) < 4.78 is 11.6. The third kappa shape index (κ3) is 2.49. The molecule has 20 heavy (non-hydrogen) atoms. The predicted molar refractivity (Wildman–Crippen MR) is 75.5 cm³/mol. The van der Waals surface area contributed by atoms with Crippen molar-refractivity contribution in [3.63, 3.8) is 0 Å². The Morgan fingerprint density at radius 3 is 2.80 bits per heavy atom. The van der Waals surface area contributed by atoms with Crippen LogP contribution in [0.3, 0.4) is 0 Å². The average Bonchev–Trinajstić information content (AvgIpc) is 3.08. The fraction of sp³-hybridized carbons (Fsp3) is 0.867. The molecule has 1 aliphatic heterocycles. The van der Waals surface area contributed by atoms with Gasteiger partial charge in [-0.2, -0.15) is 4.98 Å². The molecule has 0 aromatic carbocycles. The van der Waals surface area contributed by atoms with Gasteiger partial charge in [0.25, 0.3) is 0 Å².